The molecule has 1 aromatic heterocycles. The Labute approximate surface area is 128 Å². The fraction of sp³-hybridized carbons (Fsp3) is 0.188. The van der Waals surface area contributed by atoms with Gasteiger partial charge in [-0.15, -0.1) is 5.10 Å². The van der Waals surface area contributed by atoms with Gasteiger partial charge in [0.05, 0.1) is 18.8 Å². The Kier molecular flexibility index (Phi) is 4.29. The molecule has 0 atom stereocenters. The van der Waals surface area contributed by atoms with Crippen LogP contribution >= 0.6 is 0 Å². The number of aromatic nitrogens is 4. The van der Waals surface area contributed by atoms with E-state index in [1.165, 1.54) is 0 Å². The molecule has 6 nitrogen and oxygen atoms in total. The third kappa shape index (κ3) is 3.22. The molecule has 0 aliphatic heterocycles. The largest absolute Gasteiger partial charge is 0.494 e. The molecule has 0 amide bonds. The first-order valence-electron chi connectivity index (χ1n) is 7.16. The van der Waals surface area contributed by atoms with Crippen molar-refractivity contribution in [3.05, 3.63) is 60.4 Å². The van der Waals surface area contributed by atoms with E-state index in [4.69, 9.17) is 4.74 Å². The number of benzene rings is 2. The molecule has 0 saturated heterocycles. The average Bonchev–Trinajstić information content (AvgIpc) is 3.04. The minimum Gasteiger partial charge on any atom is -0.494 e. The molecule has 0 saturated carbocycles. The Morgan fingerprint density at radius 2 is 1.82 bits per heavy atom. The molecule has 2 aromatic carbocycles. The molecular weight excluding hydrogens is 278 g/mol. The van der Waals surface area contributed by atoms with E-state index < -0.39 is 0 Å². The summed E-state index contributed by atoms with van der Waals surface area (Å²) in [5.74, 6) is 1.61. The molecule has 6 heteroatoms. The summed E-state index contributed by atoms with van der Waals surface area (Å²) in [5, 5.41) is 15.2. The Morgan fingerprint density at radius 3 is 2.55 bits per heavy atom. The number of nitrogens with one attached hydrogen (secondary N) is 1. The van der Waals surface area contributed by atoms with E-state index in [0.29, 0.717) is 13.2 Å². The van der Waals surface area contributed by atoms with Crippen LogP contribution in [0.3, 0.4) is 0 Å². The Hall–Kier alpha value is -2.89. The van der Waals surface area contributed by atoms with E-state index in [0.717, 1.165) is 22.9 Å². The highest BCUT2D eigenvalue weighted by Crippen LogP contribution is 2.16. The quantitative estimate of drug-likeness (QED) is 0.757. The molecule has 0 aliphatic rings. The summed E-state index contributed by atoms with van der Waals surface area (Å²) in [6.45, 7) is 3.17. The summed E-state index contributed by atoms with van der Waals surface area (Å²) in [7, 11) is 0. The van der Waals surface area contributed by atoms with Gasteiger partial charge in [0.15, 0.2) is 5.82 Å². The predicted octanol–water partition coefficient (Wildman–Crippen LogP) is 2.67. The van der Waals surface area contributed by atoms with Crippen molar-refractivity contribution in [1.29, 1.82) is 0 Å². The molecule has 3 rings (SSSR count). The highest BCUT2D eigenvalue weighted by atomic mass is 16.5. The number of hydrogen-bond donors (Lipinski definition) is 1. The van der Waals surface area contributed by atoms with Gasteiger partial charge in [-0.1, -0.05) is 18.2 Å². The molecular formula is C16H17N5O. The van der Waals surface area contributed by atoms with Gasteiger partial charge in [-0.2, -0.15) is 4.68 Å². The molecule has 1 heterocycles. The van der Waals surface area contributed by atoms with Crippen LogP contribution < -0.4 is 10.1 Å². The van der Waals surface area contributed by atoms with Gasteiger partial charge < -0.3 is 10.1 Å². The van der Waals surface area contributed by atoms with Crippen LogP contribution in [0.25, 0.3) is 5.69 Å². The lowest BCUT2D eigenvalue weighted by Gasteiger charge is -2.08. The highest BCUT2D eigenvalue weighted by molar-refractivity contribution is 5.46. The van der Waals surface area contributed by atoms with Gasteiger partial charge in [-0.3, -0.25) is 0 Å². The fourth-order valence-electron chi connectivity index (χ4n) is 2.10. The average molecular weight is 295 g/mol. The zero-order valence-corrected chi connectivity index (χ0v) is 12.3. The zero-order chi connectivity index (χ0) is 15.2. The van der Waals surface area contributed by atoms with Crippen LogP contribution in [0.4, 0.5) is 5.69 Å². The van der Waals surface area contributed by atoms with E-state index in [1.54, 1.807) is 4.68 Å². The lowest BCUT2D eigenvalue weighted by Crippen LogP contribution is -2.08. The van der Waals surface area contributed by atoms with E-state index >= 15 is 0 Å². The SMILES string of the molecule is CCOc1ccc(NCc2nnnn2-c2ccccc2)cc1. The van der Waals surface area contributed by atoms with Crippen molar-refractivity contribution >= 4 is 5.69 Å². The van der Waals surface area contributed by atoms with Crippen LogP contribution in [0.15, 0.2) is 54.6 Å². The van der Waals surface area contributed by atoms with Crippen LogP contribution in [-0.2, 0) is 6.54 Å². The van der Waals surface area contributed by atoms with E-state index in [1.807, 2.05) is 61.5 Å². The Bertz CT molecular complexity index is 709. The van der Waals surface area contributed by atoms with Crippen LogP contribution in [-0.4, -0.2) is 26.8 Å². The summed E-state index contributed by atoms with van der Waals surface area (Å²) < 4.78 is 7.15. The van der Waals surface area contributed by atoms with Crippen molar-refractivity contribution in [2.75, 3.05) is 11.9 Å². The number of hydrogen-bond acceptors (Lipinski definition) is 5. The summed E-state index contributed by atoms with van der Waals surface area (Å²) in [6, 6.07) is 17.6. The second kappa shape index (κ2) is 6.71. The minimum absolute atomic E-state index is 0.538. The first-order chi connectivity index (χ1) is 10.9. The molecule has 1 N–H and O–H groups in total. The van der Waals surface area contributed by atoms with Gasteiger partial charge in [-0.25, -0.2) is 0 Å². The second-order valence-electron chi connectivity index (χ2n) is 4.65. The molecule has 112 valence electrons. The van der Waals surface area contributed by atoms with Crippen molar-refractivity contribution in [3.8, 4) is 11.4 Å². The lowest BCUT2D eigenvalue weighted by atomic mass is 10.3. The van der Waals surface area contributed by atoms with Gasteiger partial charge in [0.2, 0.25) is 0 Å². The van der Waals surface area contributed by atoms with Gasteiger partial charge in [-0.05, 0) is 53.7 Å². The molecule has 0 spiro atoms. The normalized spacial score (nSPS) is 10.4. The van der Waals surface area contributed by atoms with E-state index in [-0.39, 0.29) is 0 Å². The molecule has 0 bridgehead atoms. The van der Waals surface area contributed by atoms with E-state index in [2.05, 4.69) is 20.8 Å². The predicted molar refractivity (Wildman–Crippen MR) is 84.1 cm³/mol. The Balaban J connectivity index is 1.68. The van der Waals surface area contributed by atoms with Crippen LogP contribution in [0.1, 0.15) is 12.7 Å². The standard InChI is InChI=1S/C16H17N5O/c1-2-22-15-10-8-13(9-11-15)17-12-16-18-19-20-21(16)14-6-4-3-5-7-14/h3-11,17H,2,12H2,1H3. The van der Waals surface area contributed by atoms with Crippen molar-refractivity contribution in [2.45, 2.75) is 13.5 Å². The second-order valence-corrected chi connectivity index (χ2v) is 4.65. The summed E-state index contributed by atoms with van der Waals surface area (Å²) in [4.78, 5) is 0. The molecule has 0 aliphatic carbocycles. The lowest BCUT2D eigenvalue weighted by molar-refractivity contribution is 0.340. The fourth-order valence-corrected chi connectivity index (χ4v) is 2.10. The Morgan fingerprint density at radius 1 is 1.05 bits per heavy atom. The maximum Gasteiger partial charge on any atom is 0.175 e. The highest BCUT2D eigenvalue weighted by Gasteiger charge is 2.07. The van der Waals surface area contributed by atoms with Gasteiger partial charge in [0.25, 0.3) is 0 Å². The van der Waals surface area contributed by atoms with Gasteiger partial charge in [0, 0.05) is 5.69 Å². The number of tetrazole rings is 1. The molecule has 0 fully saturated rings. The first-order valence-corrected chi connectivity index (χ1v) is 7.16. The molecule has 22 heavy (non-hydrogen) atoms. The van der Waals surface area contributed by atoms with Crippen LogP contribution in [0, 0.1) is 0 Å². The third-order valence-corrected chi connectivity index (χ3v) is 3.15. The van der Waals surface area contributed by atoms with Gasteiger partial charge in [0.1, 0.15) is 5.75 Å². The third-order valence-electron chi connectivity index (χ3n) is 3.15. The van der Waals surface area contributed by atoms with Crippen molar-refractivity contribution < 1.29 is 4.74 Å². The van der Waals surface area contributed by atoms with Crippen molar-refractivity contribution in [3.63, 3.8) is 0 Å². The number of anilines is 1. The monoisotopic (exact) mass is 295 g/mol. The number of nitrogens with zero attached hydrogens (tertiary/aromatic N) is 4. The molecule has 0 radical (unpaired) electrons. The molecule has 0 unspecified atom stereocenters. The zero-order valence-electron chi connectivity index (χ0n) is 12.3. The topological polar surface area (TPSA) is 64.9 Å². The summed E-state index contributed by atoms with van der Waals surface area (Å²) in [5.41, 5.74) is 1.93. The van der Waals surface area contributed by atoms with Crippen molar-refractivity contribution in [2.24, 2.45) is 0 Å². The van der Waals surface area contributed by atoms with E-state index in [9.17, 15) is 0 Å². The van der Waals surface area contributed by atoms with Crippen molar-refractivity contribution in [1.82, 2.24) is 20.2 Å². The summed E-state index contributed by atoms with van der Waals surface area (Å²) >= 11 is 0. The summed E-state index contributed by atoms with van der Waals surface area (Å²) in [6.07, 6.45) is 0. The minimum atomic E-state index is 0.538. The van der Waals surface area contributed by atoms with Crippen LogP contribution in [0.5, 0.6) is 5.75 Å². The maximum absolute atomic E-state index is 5.42. The smallest absolute Gasteiger partial charge is 0.175 e. The van der Waals surface area contributed by atoms with Gasteiger partial charge >= 0.3 is 0 Å². The maximum atomic E-state index is 5.42. The number of rotatable bonds is 6. The number of ether oxygens (including phenoxy) is 1. The van der Waals surface area contributed by atoms with Crippen LogP contribution in [0.2, 0.25) is 0 Å². The molecule has 3 aromatic rings. The number of para-hydroxylation sites is 1. The first kappa shape index (κ1) is 14.1.